The van der Waals surface area contributed by atoms with Gasteiger partial charge in [0, 0.05) is 6.08 Å². The summed E-state index contributed by atoms with van der Waals surface area (Å²) in [7, 11) is 0. The molecule has 1 aliphatic heterocycles. The molecule has 1 saturated heterocycles. The van der Waals surface area contributed by atoms with E-state index in [0.717, 1.165) is 6.08 Å². The molecule has 3 atom stereocenters. The average molecular weight is 338 g/mol. The van der Waals surface area contributed by atoms with E-state index in [4.69, 9.17) is 14.2 Å². The highest BCUT2D eigenvalue weighted by Crippen LogP contribution is 2.43. The molecule has 0 N–H and O–H groups in total. The van der Waals surface area contributed by atoms with E-state index in [9.17, 15) is 13.6 Å². The summed E-state index contributed by atoms with van der Waals surface area (Å²) >= 11 is 0. The van der Waals surface area contributed by atoms with E-state index in [-0.39, 0.29) is 0 Å². The molecule has 1 aromatic rings. The van der Waals surface area contributed by atoms with Crippen LogP contribution in [0.5, 0.6) is 0 Å². The Hall–Kier alpha value is -2.05. The van der Waals surface area contributed by atoms with Crippen molar-refractivity contribution in [2.24, 2.45) is 0 Å². The molecule has 0 amide bonds. The summed E-state index contributed by atoms with van der Waals surface area (Å²) < 4.78 is 45.0. The monoisotopic (exact) mass is 338 g/mol. The van der Waals surface area contributed by atoms with Crippen LogP contribution < -0.4 is 0 Å². The topological polar surface area (TPSA) is 44.8 Å². The standard InChI is InChI=1S/C18H20F2O4/c1-5-13(21)22-16(18(19,20)6-2)15-14(23-17(3,4)24-15)12-10-8-7-9-11-12/h5-11,14-16H,1-2H2,3-4H3/t14-,15-,16+/m1/s1. The number of halogens is 2. The second-order valence-electron chi connectivity index (χ2n) is 5.87. The van der Waals surface area contributed by atoms with Crippen LogP contribution in [0, 0.1) is 0 Å². The van der Waals surface area contributed by atoms with E-state index in [1.807, 2.05) is 0 Å². The molecule has 1 heterocycles. The number of alkyl halides is 2. The lowest BCUT2D eigenvalue weighted by atomic mass is 9.96. The molecule has 1 fully saturated rings. The Morgan fingerprint density at radius 3 is 2.46 bits per heavy atom. The van der Waals surface area contributed by atoms with Crippen molar-refractivity contribution in [1.29, 1.82) is 0 Å². The highest BCUT2D eigenvalue weighted by Gasteiger charge is 2.55. The lowest BCUT2D eigenvalue weighted by Crippen LogP contribution is -2.47. The van der Waals surface area contributed by atoms with Crippen LogP contribution in [0.15, 0.2) is 55.6 Å². The number of hydrogen-bond acceptors (Lipinski definition) is 4. The van der Waals surface area contributed by atoms with Gasteiger partial charge in [0.1, 0.15) is 12.2 Å². The van der Waals surface area contributed by atoms with E-state index < -0.39 is 36.0 Å². The van der Waals surface area contributed by atoms with E-state index in [0.29, 0.717) is 11.6 Å². The van der Waals surface area contributed by atoms with Gasteiger partial charge < -0.3 is 14.2 Å². The molecule has 24 heavy (non-hydrogen) atoms. The number of carbonyl (C=O) groups is 1. The summed E-state index contributed by atoms with van der Waals surface area (Å²) in [5.74, 6) is -5.58. The Kier molecular flexibility index (Phi) is 5.20. The number of rotatable bonds is 6. The van der Waals surface area contributed by atoms with Gasteiger partial charge in [-0.25, -0.2) is 4.79 Å². The van der Waals surface area contributed by atoms with Crippen LogP contribution in [-0.2, 0) is 19.0 Å². The van der Waals surface area contributed by atoms with Crippen molar-refractivity contribution >= 4 is 5.97 Å². The van der Waals surface area contributed by atoms with E-state index in [1.54, 1.807) is 44.2 Å². The van der Waals surface area contributed by atoms with Crippen LogP contribution in [0.4, 0.5) is 8.78 Å². The molecule has 0 bridgehead atoms. The van der Waals surface area contributed by atoms with E-state index in [1.165, 1.54) is 0 Å². The molecule has 0 unspecified atom stereocenters. The van der Waals surface area contributed by atoms with Gasteiger partial charge in [0.05, 0.1) is 0 Å². The van der Waals surface area contributed by atoms with Crippen molar-refractivity contribution < 1.29 is 27.8 Å². The lowest BCUT2D eigenvalue weighted by Gasteiger charge is -2.30. The molecule has 2 rings (SSSR count). The van der Waals surface area contributed by atoms with Gasteiger partial charge in [-0.1, -0.05) is 43.5 Å². The number of benzene rings is 1. The molecule has 0 aliphatic carbocycles. The second-order valence-corrected chi connectivity index (χ2v) is 5.87. The van der Waals surface area contributed by atoms with Gasteiger partial charge in [-0.3, -0.25) is 0 Å². The Morgan fingerprint density at radius 2 is 1.92 bits per heavy atom. The predicted octanol–water partition coefficient (Wildman–Crippen LogP) is 3.80. The molecule has 0 spiro atoms. The molecule has 1 aliphatic rings. The van der Waals surface area contributed by atoms with Crippen LogP contribution in [-0.4, -0.2) is 29.9 Å². The summed E-state index contributed by atoms with van der Waals surface area (Å²) in [6.07, 6.45) is -2.67. The Balaban J connectivity index is 2.42. The largest absolute Gasteiger partial charge is 0.449 e. The minimum Gasteiger partial charge on any atom is -0.449 e. The minimum absolute atomic E-state index is 0.435. The van der Waals surface area contributed by atoms with Crippen LogP contribution in [0.25, 0.3) is 0 Å². The maximum Gasteiger partial charge on any atom is 0.330 e. The highest BCUT2D eigenvalue weighted by atomic mass is 19.3. The van der Waals surface area contributed by atoms with Crippen molar-refractivity contribution in [2.45, 2.75) is 43.9 Å². The van der Waals surface area contributed by atoms with Gasteiger partial charge in [-0.2, -0.15) is 8.78 Å². The first-order valence-corrected chi connectivity index (χ1v) is 7.45. The fourth-order valence-corrected chi connectivity index (χ4v) is 2.57. The zero-order valence-electron chi connectivity index (χ0n) is 13.6. The van der Waals surface area contributed by atoms with Crippen molar-refractivity contribution in [3.63, 3.8) is 0 Å². The predicted molar refractivity (Wildman–Crippen MR) is 84.4 cm³/mol. The van der Waals surface area contributed by atoms with Crippen molar-refractivity contribution in [3.8, 4) is 0 Å². The fourth-order valence-electron chi connectivity index (χ4n) is 2.57. The first-order chi connectivity index (χ1) is 11.2. The van der Waals surface area contributed by atoms with Gasteiger partial charge in [-0.15, -0.1) is 0 Å². The zero-order chi connectivity index (χ0) is 18.0. The summed E-state index contributed by atoms with van der Waals surface area (Å²) in [6.45, 7) is 9.59. The van der Waals surface area contributed by atoms with Crippen LogP contribution >= 0.6 is 0 Å². The van der Waals surface area contributed by atoms with Crippen molar-refractivity contribution in [1.82, 2.24) is 0 Å². The summed E-state index contributed by atoms with van der Waals surface area (Å²) in [6, 6.07) is 8.80. The maximum absolute atomic E-state index is 14.3. The number of hydrogen-bond donors (Lipinski definition) is 0. The van der Waals surface area contributed by atoms with E-state index in [2.05, 4.69) is 13.2 Å². The third-order valence-corrected chi connectivity index (χ3v) is 3.62. The second kappa shape index (κ2) is 6.83. The highest BCUT2D eigenvalue weighted by molar-refractivity contribution is 5.81. The Bertz CT molecular complexity index is 613. The summed E-state index contributed by atoms with van der Waals surface area (Å²) in [5.41, 5.74) is 0.646. The normalized spacial score (nSPS) is 24.2. The van der Waals surface area contributed by atoms with Crippen molar-refractivity contribution in [2.75, 3.05) is 0 Å². The quantitative estimate of drug-likeness (QED) is 0.450. The van der Waals surface area contributed by atoms with Gasteiger partial charge in [0.15, 0.2) is 11.9 Å². The smallest absolute Gasteiger partial charge is 0.330 e. The Labute approximate surface area is 139 Å². The van der Waals surface area contributed by atoms with E-state index >= 15 is 0 Å². The van der Waals surface area contributed by atoms with Gasteiger partial charge >= 0.3 is 11.9 Å². The van der Waals surface area contributed by atoms with Crippen molar-refractivity contribution in [3.05, 3.63) is 61.2 Å². The molecular formula is C18H20F2O4. The van der Waals surface area contributed by atoms with Gasteiger partial charge in [0.25, 0.3) is 0 Å². The molecule has 0 radical (unpaired) electrons. The molecule has 4 nitrogen and oxygen atoms in total. The maximum atomic E-state index is 14.3. The first kappa shape index (κ1) is 18.3. The van der Waals surface area contributed by atoms with Crippen LogP contribution in [0.2, 0.25) is 0 Å². The van der Waals surface area contributed by atoms with Gasteiger partial charge in [0.2, 0.25) is 0 Å². The first-order valence-electron chi connectivity index (χ1n) is 7.45. The molecule has 6 heteroatoms. The molecular weight excluding hydrogens is 318 g/mol. The molecule has 1 aromatic carbocycles. The lowest BCUT2D eigenvalue weighted by molar-refractivity contribution is -0.195. The minimum atomic E-state index is -3.50. The molecule has 0 aromatic heterocycles. The van der Waals surface area contributed by atoms with Crippen LogP contribution in [0.1, 0.15) is 25.5 Å². The Morgan fingerprint density at radius 1 is 1.29 bits per heavy atom. The number of ether oxygens (including phenoxy) is 3. The fraction of sp³-hybridized carbons (Fsp3) is 0.389. The third kappa shape index (κ3) is 3.88. The van der Waals surface area contributed by atoms with Crippen LogP contribution in [0.3, 0.4) is 0 Å². The SMILES string of the molecule is C=CC(=O)O[C@@H]([C@@H]1OC(C)(C)O[C@@H]1c1ccccc1)C(F)(F)C=C. The summed E-state index contributed by atoms with van der Waals surface area (Å²) in [4.78, 5) is 11.5. The average Bonchev–Trinajstić information content (AvgIpc) is 2.88. The van der Waals surface area contributed by atoms with Gasteiger partial charge in [-0.05, 0) is 25.5 Å². The zero-order valence-corrected chi connectivity index (χ0v) is 13.6. The molecule has 0 saturated carbocycles. The number of carbonyl (C=O) groups excluding carboxylic acids is 1. The molecule has 130 valence electrons. The third-order valence-electron chi connectivity index (χ3n) is 3.62. The number of esters is 1. The summed E-state index contributed by atoms with van der Waals surface area (Å²) in [5, 5.41) is 0.